The number of amides is 1. The normalized spacial score (nSPS) is 24.5. The SMILES string of the molecule is C[C@H](N)[C@@H]1CCCN(C(=O)c2ccnc(C3CC3)n2)C1. The van der Waals surface area contributed by atoms with E-state index in [-0.39, 0.29) is 11.9 Å². The molecule has 2 N–H and O–H groups in total. The van der Waals surface area contributed by atoms with Gasteiger partial charge >= 0.3 is 0 Å². The summed E-state index contributed by atoms with van der Waals surface area (Å²) in [4.78, 5) is 23.2. The Morgan fingerprint density at radius 3 is 2.95 bits per heavy atom. The minimum absolute atomic E-state index is 0.0275. The van der Waals surface area contributed by atoms with Gasteiger partial charge in [0.1, 0.15) is 11.5 Å². The van der Waals surface area contributed by atoms with Crippen LogP contribution in [-0.4, -0.2) is 39.9 Å². The molecule has 0 bridgehead atoms. The first-order valence-corrected chi connectivity index (χ1v) is 7.53. The molecule has 5 heteroatoms. The van der Waals surface area contributed by atoms with Crippen molar-refractivity contribution in [3.05, 3.63) is 23.8 Å². The fourth-order valence-electron chi connectivity index (χ4n) is 2.82. The summed E-state index contributed by atoms with van der Waals surface area (Å²) in [6.45, 7) is 3.58. The van der Waals surface area contributed by atoms with Crippen LogP contribution in [0, 0.1) is 5.92 Å². The van der Waals surface area contributed by atoms with E-state index in [0.29, 0.717) is 17.5 Å². The van der Waals surface area contributed by atoms with Crippen LogP contribution in [0.3, 0.4) is 0 Å². The molecule has 1 aliphatic carbocycles. The van der Waals surface area contributed by atoms with Gasteiger partial charge in [0, 0.05) is 31.2 Å². The van der Waals surface area contributed by atoms with Crippen molar-refractivity contribution in [1.82, 2.24) is 14.9 Å². The van der Waals surface area contributed by atoms with Gasteiger partial charge in [0.05, 0.1) is 0 Å². The highest BCUT2D eigenvalue weighted by atomic mass is 16.2. The number of hydrogen-bond acceptors (Lipinski definition) is 4. The smallest absolute Gasteiger partial charge is 0.272 e. The van der Waals surface area contributed by atoms with Gasteiger partial charge in [0.25, 0.3) is 5.91 Å². The van der Waals surface area contributed by atoms with E-state index in [1.807, 2.05) is 11.8 Å². The largest absolute Gasteiger partial charge is 0.337 e. The molecule has 5 nitrogen and oxygen atoms in total. The monoisotopic (exact) mass is 274 g/mol. The molecule has 1 aromatic heterocycles. The predicted octanol–water partition coefficient (Wildman–Crippen LogP) is 1.55. The van der Waals surface area contributed by atoms with Crippen LogP contribution in [0.1, 0.15) is 54.8 Å². The van der Waals surface area contributed by atoms with E-state index in [0.717, 1.165) is 44.6 Å². The van der Waals surface area contributed by atoms with Crippen molar-refractivity contribution in [3.63, 3.8) is 0 Å². The first kappa shape index (κ1) is 13.5. The lowest BCUT2D eigenvalue weighted by Crippen LogP contribution is -2.45. The van der Waals surface area contributed by atoms with Gasteiger partial charge < -0.3 is 10.6 Å². The number of nitrogens with two attached hydrogens (primary N) is 1. The Balaban J connectivity index is 1.72. The fraction of sp³-hybridized carbons (Fsp3) is 0.667. The summed E-state index contributed by atoms with van der Waals surface area (Å²) in [7, 11) is 0. The molecule has 108 valence electrons. The Morgan fingerprint density at radius 1 is 1.45 bits per heavy atom. The maximum atomic E-state index is 12.6. The number of aromatic nitrogens is 2. The molecule has 0 aromatic carbocycles. The third-order valence-corrected chi connectivity index (χ3v) is 4.32. The fourth-order valence-corrected chi connectivity index (χ4v) is 2.82. The van der Waals surface area contributed by atoms with E-state index in [2.05, 4.69) is 9.97 Å². The Labute approximate surface area is 119 Å². The van der Waals surface area contributed by atoms with E-state index in [4.69, 9.17) is 5.73 Å². The first-order valence-electron chi connectivity index (χ1n) is 7.53. The van der Waals surface area contributed by atoms with Crippen molar-refractivity contribution in [2.75, 3.05) is 13.1 Å². The molecule has 2 aliphatic rings. The van der Waals surface area contributed by atoms with Gasteiger partial charge in [-0.3, -0.25) is 4.79 Å². The van der Waals surface area contributed by atoms with Crippen molar-refractivity contribution in [2.45, 2.75) is 44.6 Å². The summed E-state index contributed by atoms with van der Waals surface area (Å²) in [5, 5.41) is 0. The lowest BCUT2D eigenvalue weighted by molar-refractivity contribution is 0.0654. The Kier molecular flexibility index (Phi) is 3.70. The number of piperidine rings is 1. The molecular formula is C15H22N4O. The summed E-state index contributed by atoms with van der Waals surface area (Å²) in [5.74, 6) is 1.73. The molecule has 1 aromatic rings. The summed E-state index contributed by atoms with van der Waals surface area (Å²) >= 11 is 0. The molecule has 0 radical (unpaired) electrons. The van der Waals surface area contributed by atoms with Crippen LogP contribution < -0.4 is 5.73 Å². The summed E-state index contributed by atoms with van der Waals surface area (Å²) < 4.78 is 0. The molecule has 1 aliphatic heterocycles. The highest BCUT2D eigenvalue weighted by Crippen LogP contribution is 2.37. The van der Waals surface area contributed by atoms with Crippen LogP contribution in [0.25, 0.3) is 0 Å². The summed E-state index contributed by atoms with van der Waals surface area (Å²) in [6.07, 6.45) is 6.14. The molecule has 1 saturated carbocycles. The highest BCUT2D eigenvalue weighted by Gasteiger charge is 2.30. The second-order valence-corrected chi connectivity index (χ2v) is 6.09. The topological polar surface area (TPSA) is 72.1 Å². The average molecular weight is 274 g/mol. The Bertz CT molecular complexity index is 498. The number of hydrogen-bond donors (Lipinski definition) is 1. The van der Waals surface area contributed by atoms with E-state index >= 15 is 0 Å². The van der Waals surface area contributed by atoms with Crippen LogP contribution >= 0.6 is 0 Å². The molecule has 20 heavy (non-hydrogen) atoms. The van der Waals surface area contributed by atoms with E-state index in [1.54, 1.807) is 12.3 Å². The minimum atomic E-state index is 0.0275. The minimum Gasteiger partial charge on any atom is -0.337 e. The Hall–Kier alpha value is -1.49. The van der Waals surface area contributed by atoms with Gasteiger partial charge in [-0.05, 0) is 44.6 Å². The quantitative estimate of drug-likeness (QED) is 0.907. The third kappa shape index (κ3) is 2.82. The van der Waals surface area contributed by atoms with Crippen LogP contribution in [0.2, 0.25) is 0 Å². The van der Waals surface area contributed by atoms with Crippen molar-refractivity contribution in [3.8, 4) is 0 Å². The zero-order valence-electron chi connectivity index (χ0n) is 12.0. The van der Waals surface area contributed by atoms with Crippen LogP contribution in [-0.2, 0) is 0 Å². The molecular weight excluding hydrogens is 252 g/mol. The predicted molar refractivity (Wildman–Crippen MR) is 76.3 cm³/mol. The number of likely N-dealkylation sites (tertiary alicyclic amines) is 1. The first-order chi connectivity index (χ1) is 9.65. The van der Waals surface area contributed by atoms with Gasteiger partial charge in [-0.1, -0.05) is 0 Å². The zero-order valence-corrected chi connectivity index (χ0v) is 12.0. The maximum Gasteiger partial charge on any atom is 0.272 e. The zero-order chi connectivity index (χ0) is 14.1. The number of rotatable bonds is 3. The second-order valence-electron chi connectivity index (χ2n) is 6.09. The Morgan fingerprint density at radius 2 is 2.25 bits per heavy atom. The van der Waals surface area contributed by atoms with E-state index < -0.39 is 0 Å². The number of carbonyl (C=O) groups excluding carboxylic acids is 1. The van der Waals surface area contributed by atoms with Crippen LogP contribution in [0.5, 0.6) is 0 Å². The molecule has 2 fully saturated rings. The lowest BCUT2D eigenvalue weighted by Gasteiger charge is -2.34. The molecule has 1 saturated heterocycles. The van der Waals surface area contributed by atoms with Crippen LogP contribution in [0.15, 0.2) is 12.3 Å². The van der Waals surface area contributed by atoms with E-state index in [9.17, 15) is 4.79 Å². The molecule has 0 spiro atoms. The van der Waals surface area contributed by atoms with Gasteiger partial charge in [-0.25, -0.2) is 9.97 Å². The van der Waals surface area contributed by atoms with Crippen molar-refractivity contribution in [2.24, 2.45) is 11.7 Å². The maximum absolute atomic E-state index is 12.6. The van der Waals surface area contributed by atoms with Crippen molar-refractivity contribution >= 4 is 5.91 Å². The summed E-state index contributed by atoms with van der Waals surface area (Å²) in [5.41, 5.74) is 6.51. The molecule has 1 amide bonds. The van der Waals surface area contributed by atoms with Crippen molar-refractivity contribution in [1.29, 1.82) is 0 Å². The molecule has 0 unspecified atom stereocenters. The molecule has 2 atom stereocenters. The highest BCUT2D eigenvalue weighted by molar-refractivity contribution is 5.92. The van der Waals surface area contributed by atoms with E-state index in [1.165, 1.54) is 0 Å². The van der Waals surface area contributed by atoms with Crippen LogP contribution in [0.4, 0.5) is 0 Å². The summed E-state index contributed by atoms with van der Waals surface area (Å²) in [6, 6.07) is 1.86. The second kappa shape index (κ2) is 5.48. The van der Waals surface area contributed by atoms with Gasteiger partial charge in [0.2, 0.25) is 0 Å². The van der Waals surface area contributed by atoms with Gasteiger partial charge in [-0.2, -0.15) is 0 Å². The van der Waals surface area contributed by atoms with Crippen molar-refractivity contribution < 1.29 is 4.79 Å². The third-order valence-electron chi connectivity index (χ3n) is 4.32. The molecule has 2 heterocycles. The van der Waals surface area contributed by atoms with Gasteiger partial charge in [0.15, 0.2) is 0 Å². The standard InChI is InChI=1S/C15H22N4O/c1-10(16)12-3-2-8-19(9-12)15(20)13-6-7-17-14(18-13)11-4-5-11/h6-7,10-12H,2-5,8-9,16H2,1H3/t10-,12+/m0/s1. The number of nitrogens with zero attached hydrogens (tertiary/aromatic N) is 3. The average Bonchev–Trinajstić information content (AvgIpc) is 3.31. The number of carbonyl (C=O) groups is 1. The van der Waals surface area contributed by atoms with Gasteiger partial charge in [-0.15, -0.1) is 0 Å². The molecule has 3 rings (SSSR count). The lowest BCUT2D eigenvalue weighted by atomic mass is 9.92.